The first-order chi connectivity index (χ1) is 15.5. The molecule has 0 atom stereocenters. The van der Waals surface area contributed by atoms with Gasteiger partial charge in [0.25, 0.3) is 0 Å². The Balaban J connectivity index is 0.00000259. The molecule has 0 aliphatic carbocycles. The number of fused-ring (bicyclic) bond motifs is 2. The number of thiazole rings is 1. The summed E-state index contributed by atoms with van der Waals surface area (Å²) in [7, 11) is 0. The SMILES string of the molecule is CCN1CCc2c(sc(NC(=O)Cc3ccc(C)cc3C)c2-c2nc3ccccc3s2)C1.Cl. The Morgan fingerprint density at radius 3 is 2.73 bits per heavy atom. The molecule has 1 aliphatic heterocycles. The highest BCUT2D eigenvalue weighted by atomic mass is 35.5. The molecule has 0 unspecified atom stereocenters. The normalized spacial score (nSPS) is 13.5. The van der Waals surface area contributed by atoms with Gasteiger partial charge in [0.1, 0.15) is 10.0 Å². The molecule has 1 N–H and O–H groups in total. The zero-order chi connectivity index (χ0) is 22.2. The van der Waals surface area contributed by atoms with Crippen LogP contribution in [0.5, 0.6) is 0 Å². The molecular formula is C26H28ClN3OS2. The third-order valence-corrected chi connectivity index (χ3v) is 8.38. The van der Waals surface area contributed by atoms with E-state index in [1.165, 1.54) is 20.7 Å². The van der Waals surface area contributed by atoms with Gasteiger partial charge in [-0.15, -0.1) is 35.1 Å². The molecule has 1 aliphatic rings. The molecule has 0 fully saturated rings. The molecule has 172 valence electrons. The fourth-order valence-corrected chi connectivity index (χ4v) is 6.82. The van der Waals surface area contributed by atoms with Crippen LogP contribution in [0.25, 0.3) is 20.8 Å². The van der Waals surface area contributed by atoms with Crippen molar-refractivity contribution in [3.8, 4) is 10.6 Å². The summed E-state index contributed by atoms with van der Waals surface area (Å²) in [4.78, 5) is 21.8. The number of anilines is 1. The molecule has 0 radical (unpaired) electrons. The number of rotatable bonds is 5. The fraction of sp³-hybridized carbons (Fsp3) is 0.308. The number of thiophene rings is 1. The van der Waals surface area contributed by atoms with Crippen LogP contribution in [0, 0.1) is 13.8 Å². The number of aromatic nitrogens is 1. The number of nitrogens with zero attached hydrogens (tertiary/aromatic N) is 2. The number of aryl methyl sites for hydroxylation is 2. The Kier molecular flexibility index (Phi) is 7.19. The maximum Gasteiger partial charge on any atom is 0.229 e. The summed E-state index contributed by atoms with van der Waals surface area (Å²) in [5.41, 5.74) is 6.97. The average Bonchev–Trinajstić information content (AvgIpc) is 3.35. The van der Waals surface area contributed by atoms with Gasteiger partial charge in [0.15, 0.2) is 0 Å². The molecule has 1 amide bonds. The third-order valence-electron chi connectivity index (χ3n) is 6.19. The second-order valence-corrected chi connectivity index (χ2v) is 10.6. The summed E-state index contributed by atoms with van der Waals surface area (Å²) in [6.07, 6.45) is 1.38. The quantitative estimate of drug-likeness (QED) is 0.337. The lowest BCUT2D eigenvalue weighted by Gasteiger charge is -2.25. The molecule has 4 aromatic rings. The summed E-state index contributed by atoms with van der Waals surface area (Å²) in [6.45, 7) is 9.40. The van der Waals surface area contributed by atoms with Gasteiger partial charge in [0, 0.05) is 23.5 Å². The van der Waals surface area contributed by atoms with Crippen molar-refractivity contribution in [3.63, 3.8) is 0 Å². The smallest absolute Gasteiger partial charge is 0.229 e. The number of hydrogen-bond acceptors (Lipinski definition) is 5. The highest BCUT2D eigenvalue weighted by Gasteiger charge is 2.27. The van der Waals surface area contributed by atoms with Gasteiger partial charge in [-0.3, -0.25) is 9.69 Å². The first kappa shape index (κ1) is 23.9. The Morgan fingerprint density at radius 1 is 1.15 bits per heavy atom. The minimum atomic E-state index is 0. The van der Waals surface area contributed by atoms with Crippen molar-refractivity contribution < 1.29 is 4.79 Å². The molecule has 2 aromatic heterocycles. The molecular weight excluding hydrogens is 470 g/mol. The Labute approximate surface area is 209 Å². The van der Waals surface area contributed by atoms with E-state index in [2.05, 4.69) is 67.4 Å². The van der Waals surface area contributed by atoms with Crippen molar-refractivity contribution in [3.05, 3.63) is 69.6 Å². The molecule has 0 bridgehead atoms. The summed E-state index contributed by atoms with van der Waals surface area (Å²) in [5, 5.41) is 5.22. The lowest BCUT2D eigenvalue weighted by atomic mass is 10.0. The standard InChI is InChI=1S/C26H27N3OS2.ClH/c1-4-29-12-11-19-22(15-29)32-26(24(19)25-27-20-7-5-6-8-21(20)31-25)28-23(30)14-18-10-9-16(2)13-17(18)3;/h5-10,13H,4,11-12,14-15H2,1-3H3,(H,28,30);1H. The number of carbonyl (C=O) groups is 1. The maximum atomic E-state index is 13.1. The summed E-state index contributed by atoms with van der Waals surface area (Å²) >= 11 is 3.44. The molecule has 5 rings (SSSR count). The van der Waals surface area contributed by atoms with E-state index in [-0.39, 0.29) is 18.3 Å². The van der Waals surface area contributed by atoms with Crippen LogP contribution in [0.2, 0.25) is 0 Å². The Bertz CT molecular complexity index is 1280. The van der Waals surface area contributed by atoms with Crippen LogP contribution in [0.1, 0.15) is 34.1 Å². The van der Waals surface area contributed by atoms with Crippen LogP contribution in [0.4, 0.5) is 5.00 Å². The predicted molar refractivity (Wildman–Crippen MR) is 143 cm³/mol. The first-order valence-electron chi connectivity index (χ1n) is 11.1. The van der Waals surface area contributed by atoms with E-state index in [0.29, 0.717) is 6.42 Å². The number of likely N-dealkylation sites (N-methyl/N-ethyl adjacent to an activating group) is 1. The van der Waals surface area contributed by atoms with Crippen LogP contribution in [0.15, 0.2) is 42.5 Å². The summed E-state index contributed by atoms with van der Waals surface area (Å²) in [5.74, 6) is 0.0326. The highest BCUT2D eigenvalue weighted by molar-refractivity contribution is 7.22. The lowest BCUT2D eigenvalue weighted by Crippen LogP contribution is -2.29. The van der Waals surface area contributed by atoms with Crippen molar-refractivity contribution in [2.24, 2.45) is 0 Å². The minimum Gasteiger partial charge on any atom is -0.317 e. The molecule has 7 heteroatoms. The van der Waals surface area contributed by atoms with E-state index in [0.717, 1.165) is 58.3 Å². The third kappa shape index (κ3) is 4.85. The minimum absolute atomic E-state index is 0. The van der Waals surface area contributed by atoms with Crippen LogP contribution >= 0.6 is 35.1 Å². The number of para-hydroxylation sites is 1. The van der Waals surface area contributed by atoms with E-state index in [1.54, 1.807) is 22.7 Å². The molecule has 33 heavy (non-hydrogen) atoms. The predicted octanol–water partition coefficient (Wildman–Crippen LogP) is 6.62. The van der Waals surface area contributed by atoms with Gasteiger partial charge in [-0.2, -0.15) is 0 Å². The van der Waals surface area contributed by atoms with Gasteiger partial charge in [-0.25, -0.2) is 4.98 Å². The average molecular weight is 498 g/mol. The second kappa shape index (κ2) is 9.94. The number of nitrogens with one attached hydrogen (secondary N) is 1. The lowest BCUT2D eigenvalue weighted by molar-refractivity contribution is -0.115. The zero-order valence-corrected chi connectivity index (χ0v) is 21.6. The van der Waals surface area contributed by atoms with E-state index in [4.69, 9.17) is 4.98 Å². The number of benzene rings is 2. The Hall–Kier alpha value is -2.25. The number of halogens is 1. The van der Waals surface area contributed by atoms with Gasteiger partial charge in [0.2, 0.25) is 5.91 Å². The van der Waals surface area contributed by atoms with Crippen molar-refractivity contribution in [2.45, 2.75) is 40.2 Å². The van der Waals surface area contributed by atoms with E-state index in [9.17, 15) is 4.79 Å². The van der Waals surface area contributed by atoms with Crippen LogP contribution in [-0.4, -0.2) is 28.9 Å². The number of hydrogen-bond donors (Lipinski definition) is 1. The summed E-state index contributed by atoms with van der Waals surface area (Å²) in [6, 6.07) is 14.5. The topological polar surface area (TPSA) is 45.2 Å². The molecule has 4 nitrogen and oxygen atoms in total. The molecule has 2 aromatic carbocycles. The summed E-state index contributed by atoms with van der Waals surface area (Å²) < 4.78 is 1.18. The fourth-order valence-electron chi connectivity index (χ4n) is 4.41. The molecule has 0 saturated carbocycles. The van der Waals surface area contributed by atoms with E-state index in [1.807, 2.05) is 6.07 Å². The zero-order valence-electron chi connectivity index (χ0n) is 19.1. The molecule has 3 heterocycles. The first-order valence-corrected chi connectivity index (χ1v) is 12.7. The number of amides is 1. The number of carbonyl (C=O) groups excluding carboxylic acids is 1. The van der Waals surface area contributed by atoms with Crippen molar-refractivity contribution in [1.29, 1.82) is 0 Å². The second-order valence-electron chi connectivity index (χ2n) is 8.47. The van der Waals surface area contributed by atoms with Crippen molar-refractivity contribution >= 4 is 56.2 Å². The van der Waals surface area contributed by atoms with Gasteiger partial charge in [0.05, 0.1) is 16.6 Å². The Morgan fingerprint density at radius 2 is 1.97 bits per heavy atom. The van der Waals surface area contributed by atoms with Crippen molar-refractivity contribution in [2.75, 3.05) is 18.4 Å². The van der Waals surface area contributed by atoms with E-state index >= 15 is 0 Å². The largest absolute Gasteiger partial charge is 0.317 e. The van der Waals surface area contributed by atoms with Crippen LogP contribution in [-0.2, 0) is 24.2 Å². The van der Waals surface area contributed by atoms with Gasteiger partial charge in [-0.1, -0.05) is 42.8 Å². The monoisotopic (exact) mass is 497 g/mol. The molecule has 0 saturated heterocycles. The van der Waals surface area contributed by atoms with E-state index < -0.39 is 0 Å². The maximum absolute atomic E-state index is 13.1. The van der Waals surface area contributed by atoms with Crippen LogP contribution in [0.3, 0.4) is 0 Å². The molecule has 0 spiro atoms. The van der Waals surface area contributed by atoms with Gasteiger partial charge < -0.3 is 5.32 Å². The van der Waals surface area contributed by atoms with Crippen molar-refractivity contribution in [1.82, 2.24) is 9.88 Å². The highest BCUT2D eigenvalue weighted by Crippen LogP contribution is 2.45. The van der Waals surface area contributed by atoms with Gasteiger partial charge in [-0.05, 0) is 55.6 Å². The van der Waals surface area contributed by atoms with Crippen LogP contribution < -0.4 is 5.32 Å². The van der Waals surface area contributed by atoms with Gasteiger partial charge >= 0.3 is 0 Å².